The standard InChI is InChI=1S/C19H20F2N2O5S/c20-19(21)28-16-7-3-1-5-14(16)13-22-18(24)15-6-2-4-8-17(15)29(25,26)23-9-11-27-12-10-23/h1-8,19H,9-13H2,(H,22,24). The van der Waals surface area contributed by atoms with E-state index >= 15 is 0 Å². The second-order valence-electron chi connectivity index (χ2n) is 6.18. The fourth-order valence-electron chi connectivity index (χ4n) is 2.94. The molecule has 1 fully saturated rings. The zero-order chi connectivity index (χ0) is 20.9. The molecule has 0 unspecified atom stereocenters. The predicted molar refractivity (Wildman–Crippen MR) is 100 cm³/mol. The minimum atomic E-state index is -3.88. The Bertz CT molecular complexity index is 963. The number of hydrogen-bond donors (Lipinski definition) is 1. The van der Waals surface area contributed by atoms with Gasteiger partial charge in [-0.1, -0.05) is 30.3 Å². The van der Waals surface area contributed by atoms with Crippen LogP contribution in [0.1, 0.15) is 15.9 Å². The third-order valence-electron chi connectivity index (χ3n) is 4.35. The van der Waals surface area contributed by atoms with Crippen LogP contribution in [-0.4, -0.2) is 51.5 Å². The predicted octanol–water partition coefficient (Wildman–Crippen LogP) is 2.24. The first kappa shape index (κ1) is 21.2. The molecule has 156 valence electrons. The molecule has 1 aliphatic heterocycles. The molecule has 0 aliphatic carbocycles. The number of nitrogens with zero attached hydrogens (tertiary/aromatic N) is 1. The lowest BCUT2D eigenvalue weighted by Crippen LogP contribution is -2.41. The van der Waals surface area contributed by atoms with Crippen LogP contribution in [0.5, 0.6) is 5.75 Å². The van der Waals surface area contributed by atoms with E-state index < -0.39 is 22.5 Å². The van der Waals surface area contributed by atoms with Gasteiger partial charge in [-0.05, 0) is 18.2 Å². The van der Waals surface area contributed by atoms with Gasteiger partial charge in [0.1, 0.15) is 5.75 Å². The van der Waals surface area contributed by atoms with Gasteiger partial charge in [-0.15, -0.1) is 0 Å². The van der Waals surface area contributed by atoms with Gasteiger partial charge in [0.2, 0.25) is 10.0 Å². The van der Waals surface area contributed by atoms with E-state index in [0.717, 1.165) is 0 Å². The maximum atomic E-state index is 12.9. The van der Waals surface area contributed by atoms with Crippen LogP contribution in [0.3, 0.4) is 0 Å². The van der Waals surface area contributed by atoms with E-state index in [1.165, 1.54) is 40.7 Å². The molecule has 1 N–H and O–H groups in total. The SMILES string of the molecule is O=C(NCc1ccccc1OC(F)F)c1ccccc1S(=O)(=O)N1CCOCC1. The summed E-state index contributed by atoms with van der Waals surface area (Å²) in [6.07, 6.45) is 0. The van der Waals surface area contributed by atoms with Crippen molar-refractivity contribution in [3.05, 3.63) is 59.7 Å². The van der Waals surface area contributed by atoms with Gasteiger partial charge in [-0.2, -0.15) is 13.1 Å². The Labute approximate surface area is 167 Å². The van der Waals surface area contributed by atoms with Crippen LogP contribution >= 0.6 is 0 Å². The van der Waals surface area contributed by atoms with Crippen molar-refractivity contribution in [3.63, 3.8) is 0 Å². The molecule has 0 saturated carbocycles. The Hall–Kier alpha value is -2.56. The van der Waals surface area contributed by atoms with Gasteiger partial charge in [0.25, 0.3) is 5.91 Å². The lowest BCUT2D eigenvalue weighted by Gasteiger charge is -2.26. The smallest absolute Gasteiger partial charge is 0.387 e. The van der Waals surface area contributed by atoms with Gasteiger partial charge in [0, 0.05) is 25.2 Å². The molecule has 0 atom stereocenters. The Morgan fingerprint density at radius 3 is 2.48 bits per heavy atom. The molecule has 1 heterocycles. The summed E-state index contributed by atoms with van der Waals surface area (Å²) in [4.78, 5) is 12.6. The molecule has 1 amide bonds. The van der Waals surface area contributed by atoms with Gasteiger partial charge in [0.05, 0.1) is 23.7 Å². The van der Waals surface area contributed by atoms with Crippen LogP contribution < -0.4 is 10.1 Å². The zero-order valence-electron chi connectivity index (χ0n) is 15.4. The zero-order valence-corrected chi connectivity index (χ0v) is 16.2. The lowest BCUT2D eigenvalue weighted by atomic mass is 10.1. The molecule has 0 radical (unpaired) electrons. The van der Waals surface area contributed by atoms with Gasteiger partial charge in [0.15, 0.2) is 0 Å². The monoisotopic (exact) mass is 426 g/mol. The molecule has 0 aromatic heterocycles. The Morgan fingerprint density at radius 2 is 1.76 bits per heavy atom. The minimum Gasteiger partial charge on any atom is -0.434 e. The summed E-state index contributed by atoms with van der Waals surface area (Å²) in [6.45, 7) is -2.12. The lowest BCUT2D eigenvalue weighted by molar-refractivity contribution is -0.0504. The van der Waals surface area contributed by atoms with Crippen molar-refractivity contribution in [3.8, 4) is 5.75 Å². The maximum absolute atomic E-state index is 12.9. The normalized spacial score (nSPS) is 15.3. The highest BCUT2D eigenvalue weighted by molar-refractivity contribution is 7.89. The molecule has 1 saturated heterocycles. The third kappa shape index (κ3) is 5.08. The summed E-state index contributed by atoms with van der Waals surface area (Å²) in [7, 11) is -3.88. The van der Waals surface area contributed by atoms with E-state index in [1.807, 2.05) is 0 Å². The molecule has 2 aromatic rings. The van der Waals surface area contributed by atoms with Crippen LogP contribution in [0.25, 0.3) is 0 Å². The summed E-state index contributed by atoms with van der Waals surface area (Å²) in [5.74, 6) is -0.693. The number of ether oxygens (including phenoxy) is 2. The van der Waals surface area contributed by atoms with Crippen molar-refractivity contribution in [2.45, 2.75) is 18.1 Å². The second-order valence-corrected chi connectivity index (χ2v) is 8.09. The molecule has 0 bridgehead atoms. The number of carbonyl (C=O) groups is 1. The van der Waals surface area contributed by atoms with Crippen LogP contribution in [0.4, 0.5) is 8.78 Å². The molecule has 2 aromatic carbocycles. The Balaban J connectivity index is 1.79. The fourth-order valence-corrected chi connectivity index (χ4v) is 4.53. The minimum absolute atomic E-state index is 0.0220. The second kappa shape index (κ2) is 9.29. The van der Waals surface area contributed by atoms with Gasteiger partial charge >= 0.3 is 6.61 Å². The number of benzene rings is 2. The van der Waals surface area contributed by atoms with E-state index in [2.05, 4.69) is 10.1 Å². The molecule has 1 aliphatic rings. The van der Waals surface area contributed by atoms with Crippen LogP contribution in [0.15, 0.2) is 53.4 Å². The average Bonchev–Trinajstić information content (AvgIpc) is 2.73. The number of halogens is 2. The Morgan fingerprint density at radius 1 is 1.10 bits per heavy atom. The van der Waals surface area contributed by atoms with Crippen molar-refractivity contribution >= 4 is 15.9 Å². The Kier molecular flexibility index (Phi) is 6.78. The summed E-state index contributed by atoms with van der Waals surface area (Å²) in [6, 6.07) is 11.9. The number of rotatable bonds is 7. The van der Waals surface area contributed by atoms with Crippen molar-refractivity contribution in [1.82, 2.24) is 9.62 Å². The number of nitrogens with one attached hydrogen (secondary N) is 1. The summed E-state index contributed by atoms with van der Waals surface area (Å²) in [5, 5.41) is 2.57. The average molecular weight is 426 g/mol. The fraction of sp³-hybridized carbons (Fsp3) is 0.316. The number of amides is 1. The topological polar surface area (TPSA) is 84.9 Å². The highest BCUT2D eigenvalue weighted by Gasteiger charge is 2.30. The molecule has 0 spiro atoms. The number of para-hydroxylation sites is 1. The van der Waals surface area contributed by atoms with Crippen LogP contribution in [0.2, 0.25) is 0 Å². The molecule has 10 heteroatoms. The van der Waals surface area contributed by atoms with Gasteiger partial charge in [-0.3, -0.25) is 4.79 Å². The number of hydrogen-bond acceptors (Lipinski definition) is 5. The number of sulfonamides is 1. The van der Waals surface area contributed by atoms with Crippen molar-refractivity contribution in [1.29, 1.82) is 0 Å². The van der Waals surface area contributed by atoms with Crippen molar-refractivity contribution < 1.29 is 31.5 Å². The first-order valence-corrected chi connectivity index (χ1v) is 10.3. The highest BCUT2D eigenvalue weighted by Crippen LogP contribution is 2.23. The number of alkyl halides is 2. The van der Waals surface area contributed by atoms with E-state index in [0.29, 0.717) is 5.56 Å². The van der Waals surface area contributed by atoms with Crippen LogP contribution in [-0.2, 0) is 21.3 Å². The third-order valence-corrected chi connectivity index (χ3v) is 6.30. The van der Waals surface area contributed by atoms with Gasteiger partial charge < -0.3 is 14.8 Å². The van der Waals surface area contributed by atoms with Crippen LogP contribution in [0, 0.1) is 0 Å². The summed E-state index contributed by atoms with van der Waals surface area (Å²) in [5.41, 5.74) is 0.320. The van der Waals surface area contributed by atoms with Crippen molar-refractivity contribution in [2.75, 3.05) is 26.3 Å². The van der Waals surface area contributed by atoms with Gasteiger partial charge in [-0.25, -0.2) is 8.42 Å². The molecule has 3 rings (SSSR count). The number of morpholine rings is 1. The summed E-state index contributed by atoms with van der Waals surface area (Å²) >= 11 is 0. The highest BCUT2D eigenvalue weighted by atomic mass is 32.2. The number of carbonyl (C=O) groups excluding carboxylic acids is 1. The largest absolute Gasteiger partial charge is 0.434 e. The van der Waals surface area contributed by atoms with E-state index in [1.54, 1.807) is 12.1 Å². The molecular weight excluding hydrogens is 406 g/mol. The van der Waals surface area contributed by atoms with E-state index in [4.69, 9.17) is 4.74 Å². The van der Waals surface area contributed by atoms with Crippen molar-refractivity contribution in [2.24, 2.45) is 0 Å². The summed E-state index contributed by atoms with van der Waals surface area (Å²) < 4.78 is 61.9. The van der Waals surface area contributed by atoms with E-state index in [-0.39, 0.29) is 49.1 Å². The maximum Gasteiger partial charge on any atom is 0.387 e. The quantitative estimate of drug-likeness (QED) is 0.734. The molecular formula is C19H20F2N2O5S. The molecule has 7 nitrogen and oxygen atoms in total. The van der Waals surface area contributed by atoms with E-state index in [9.17, 15) is 22.0 Å². The first-order chi connectivity index (χ1) is 13.9. The molecule has 29 heavy (non-hydrogen) atoms. The first-order valence-electron chi connectivity index (χ1n) is 8.87.